The van der Waals surface area contributed by atoms with Gasteiger partial charge in [-0.25, -0.2) is 9.78 Å². The van der Waals surface area contributed by atoms with Gasteiger partial charge >= 0.3 is 5.97 Å². The molecule has 6 heteroatoms. The number of fused-ring (bicyclic) bond motifs is 3. The molecule has 1 aliphatic rings. The highest BCUT2D eigenvalue weighted by atomic mass is 32.1. The van der Waals surface area contributed by atoms with Crippen molar-refractivity contribution in [3.63, 3.8) is 0 Å². The Morgan fingerprint density at radius 1 is 1.15 bits per heavy atom. The third-order valence-electron chi connectivity index (χ3n) is 5.05. The Morgan fingerprint density at radius 3 is 2.59 bits per heavy atom. The molecule has 27 heavy (non-hydrogen) atoms. The van der Waals surface area contributed by atoms with E-state index in [2.05, 4.69) is 4.98 Å². The molecule has 4 rings (SSSR count). The van der Waals surface area contributed by atoms with Crippen LogP contribution in [0.2, 0.25) is 0 Å². The van der Waals surface area contributed by atoms with Gasteiger partial charge in [0.1, 0.15) is 6.61 Å². The fraction of sp³-hybridized carbons (Fsp3) is 0.381. The zero-order valence-corrected chi connectivity index (χ0v) is 16.6. The number of aryl methyl sites for hydroxylation is 5. The Kier molecular flexibility index (Phi) is 4.60. The lowest BCUT2D eigenvalue weighted by Gasteiger charge is -2.11. The average Bonchev–Trinajstić information content (AvgIpc) is 2.97. The molecule has 1 aliphatic carbocycles. The van der Waals surface area contributed by atoms with Crippen molar-refractivity contribution in [3.05, 3.63) is 67.1 Å². The highest BCUT2D eigenvalue weighted by molar-refractivity contribution is 7.17. The molecule has 0 fully saturated rings. The van der Waals surface area contributed by atoms with Gasteiger partial charge < -0.3 is 4.74 Å². The number of carbonyl (C=O) groups excluding carboxylic acids is 1. The molecule has 3 aromatic rings. The molecular formula is C21H22N2O3S. The van der Waals surface area contributed by atoms with Crippen molar-refractivity contribution in [2.75, 3.05) is 0 Å². The summed E-state index contributed by atoms with van der Waals surface area (Å²) in [4.78, 5) is 31.7. The van der Waals surface area contributed by atoms with E-state index in [9.17, 15) is 9.59 Å². The van der Waals surface area contributed by atoms with Gasteiger partial charge in [0.2, 0.25) is 0 Å². The zero-order chi connectivity index (χ0) is 19.1. The van der Waals surface area contributed by atoms with E-state index < -0.39 is 0 Å². The van der Waals surface area contributed by atoms with E-state index in [-0.39, 0.29) is 18.1 Å². The minimum absolute atomic E-state index is 0.000103. The molecule has 2 aromatic heterocycles. The van der Waals surface area contributed by atoms with Crippen LogP contribution in [0.15, 0.2) is 23.0 Å². The third kappa shape index (κ3) is 3.30. The number of thiazole rings is 1. The topological polar surface area (TPSA) is 60.7 Å². The second kappa shape index (κ2) is 6.93. The molecular weight excluding hydrogens is 360 g/mol. The van der Waals surface area contributed by atoms with Crippen LogP contribution < -0.4 is 5.56 Å². The first-order valence-electron chi connectivity index (χ1n) is 9.22. The Balaban J connectivity index is 1.59. The van der Waals surface area contributed by atoms with Crippen LogP contribution in [0.5, 0.6) is 0 Å². The number of carbonyl (C=O) groups is 1. The minimum Gasteiger partial charge on any atom is -0.456 e. The van der Waals surface area contributed by atoms with Gasteiger partial charge in [-0.1, -0.05) is 17.7 Å². The van der Waals surface area contributed by atoms with Crippen LogP contribution in [-0.2, 0) is 24.2 Å². The lowest BCUT2D eigenvalue weighted by Crippen LogP contribution is -2.19. The smallest absolute Gasteiger partial charge is 0.339 e. The highest BCUT2D eigenvalue weighted by Gasteiger charge is 2.19. The maximum absolute atomic E-state index is 12.6. The second-order valence-electron chi connectivity index (χ2n) is 7.23. The van der Waals surface area contributed by atoms with Gasteiger partial charge in [-0.15, -0.1) is 11.3 Å². The van der Waals surface area contributed by atoms with Gasteiger partial charge in [-0.3, -0.25) is 9.20 Å². The normalized spacial score (nSPS) is 13.6. The van der Waals surface area contributed by atoms with Crippen molar-refractivity contribution >= 4 is 22.3 Å². The lowest BCUT2D eigenvalue weighted by molar-refractivity contribution is 0.0466. The molecule has 0 unspecified atom stereocenters. The monoisotopic (exact) mass is 382 g/mol. The predicted octanol–water partition coefficient (Wildman–Crippen LogP) is 3.92. The molecule has 0 spiro atoms. The molecule has 0 radical (unpaired) electrons. The Morgan fingerprint density at radius 2 is 1.85 bits per heavy atom. The SMILES string of the molecule is Cc1cc(C)c(C(=O)OCc2cc(=O)n3c4c(sc3n2)CCCC4)c(C)c1. The van der Waals surface area contributed by atoms with E-state index in [1.807, 2.05) is 32.9 Å². The Hall–Kier alpha value is -2.47. The van der Waals surface area contributed by atoms with Gasteiger partial charge in [0, 0.05) is 16.6 Å². The van der Waals surface area contributed by atoms with E-state index >= 15 is 0 Å². The Bertz CT molecular complexity index is 1090. The molecule has 140 valence electrons. The quantitative estimate of drug-likeness (QED) is 0.644. The van der Waals surface area contributed by atoms with E-state index in [0.29, 0.717) is 16.2 Å². The Labute approximate surface area is 161 Å². The summed E-state index contributed by atoms with van der Waals surface area (Å²) in [7, 11) is 0. The number of ether oxygens (including phenoxy) is 1. The van der Waals surface area contributed by atoms with Crippen LogP contribution in [0.3, 0.4) is 0 Å². The maximum Gasteiger partial charge on any atom is 0.339 e. The number of esters is 1. The summed E-state index contributed by atoms with van der Waals surface area (Å²) in [5.74, 6) is -0.377. The van der Waals surface area contributed by atoms with Gasteiger partial charge in [-0.2, -0.15) is 0 Å². The van der Waals surface area contributed by atoms with Crippen molar-refractivity contribution in [1.29, 1.82) is 0 Å². The van der Waals surface area contributed by atoms with E-state index in [1.54, 1.807) is 15.7 Å². The zero-order valence-electron chi connectivity index (χ0n) is 15.8. The summed E-state index contributed by atoms with van der Waals surface area (Å²) in [6, 6.07) is 5.42. The van der Waals surface area contributed by atoms with Crippen molar-refractivity contribution in [2.24, 2.45) is 0 Å². The standard InChI is InChI=1S/C21H22N2O3S/c1-12-8-13(2)19(14(3)9-12)20(25)26-11-15-10-18(24)23-16-6-4-5-7-17(16)27-21(23)22-15/h8-10H,4-7,11H2,1-3H3. The van der Waals surface area contributed by atoms with Gasteiger partial charge in [0.15, 0.2) is 4.96 Å². The first-order valence-corrected chi connectivity index (χ1v) is 10.0. The van der Waals surface area contributed by atoms with Crippen molar-refractivity contribution in [2.45, 2.75) is 53.1 Å². The predicted molar refractivity (Wildman–Crippen MR) is 106 cm³/mol. The third-order valence-corrected chi connectivity index (χ3v) is 6.19. The van der Waals surface area contributed by atoms with Crippen molar-refractivity contribution in [1.82, 2.24) is 9.38 Å². The van der Waals surface area contributed by atoms with Crippen LogP contribution in [0.4, 0.5) is 0 Å². The molecule has 0 saturated heterocycles. The fourth-order valence-corrected chi connectivity index (χ4v) is 5.16. The largest absolute Gasteiger partial charge is 0.456 e. The van der Waals surface area contributed by atoms with E-state index in [0.717, 1.165) is 48.1 Å². The molecule has 0 bridgehead atoms. The van der Waals surface area contributed by atoms with Crippen LogP contribution in [0.25, 0.3) is 4.96 Å². The number of hydrogen-bond acceptors (Lipinski definition) is 5. The molecule has 1 aromatic carbocycles. The molecule has 0 saturated carbocycles. The first-order chi connectivity index (χ1) is 12.9. The van der Waals surface area contributed by atoms with Gasteiger partial charge in [0.25, 0.3) is 5.56 Å². The minimum atomic E-state index is -0.377. The summed E-state index contributed by atoms with van der Waals surface area (Å²) < 4.78 is 7.20. The number of aromatic nitrogens is 2. The second-order valence-corrected chi connectivity index (χ2v) is 8.29. The molecule has 0 atom stereocenters. The van der Waals surface area contributed by atoms with Crippen LogP contribution in [0, 0.1) is 20.8 Å². The first kappa shape index (κ1) is 17.9. The van der Waals surface area contributed by atoms with Gasteiger partial charge in [0.05, 0.1) is 11.3 Å². The molecule has 5 nitrogen and oxygen atoms in total. The maximum atomic E-state index is 12.6. The number of nitrogens with zero attached hydrogens (tertiary/aromatic N) is 2. The number of hydrogen-bond donors (Lipinski definition) is 0. The fourth-order valence-electron chi connectivity index (χ4n) is 3.93. The van der Waals surface area contributed by atoms with Crippen LogP contribution in [0.1, 0.15) is 56.2 Å². The molecule has 0 amide bonds. The summed E-state index contributed by atoms with van der Waals surface area (Å²) in [5, 5.41) is 0. The average molecular weight is 382 g/mol. The number of rotatable bonds is 3. The molecule has 0 N–H and O–H groups in total. The van der Waals surface area contributed by atoms with Crippen molar-refractivity contribution in [3.8, 4) is 0 Å². The molecule has 2 heterocycles. The highest BCUT2D eigenvalue weighted by Crippen LogP contribution is 2.28. The van der Waals surface area contributed by atoms with Crippen LogP contribution in [-0.4, -0.2) is 15.4 Å². The van der Waals surface area contributed by atoms with Crippen LogP contribution >= 0.6 is 11.3 Å². The number of benzene rings is 1. The van der Waals surface area contributed by atoms with E-state index in [1.165, 1.54) is 10.9 Å². The van der Waals surface area contributed by atoms with Gasteiger partial charge in [-0.05, 0) is 57.6 Å². The van der Waals surface area contributed by atoms with Crippen molar-refractivity contribution < 1.29 is 9.53 Å². The lowest BCUT2D eigenvalue weighted by atomic mass is 10.00. The van der Waals surface area contributed by atoms with E-state index in [4.69, 9.17) is 4.74 Å². The summed E-state index contributed by atoms with van der Waals surface area (Å²) in [5.41, 5.74) is 5.00. The summed E-state index contributed by atoms with van der Waals surface area (Å²) in [6.45, 7) is 5.81. The summed E-state index contributed by atoms with van der Waals surface area (Å²) >= 11 is 1.58. The summed E-state index contributed by atoms with van der Waals surface area (Å²) in [6.07, 6.45) is 4.21. The molecule has 0 aliphatic heterocycles.